The van der Waals surface area contributed by atoms with E-state index in [0.29, 0.717) is 15.6 Å². The Kier molecular flexibility index (Phi) is 6.18. The Labute approximate surface area is 109 Å². The Balaban J connectivity index is 0.00000225. The molecule has 88 valence electrons. The summed E-state index contributed by atoms with van der Waals surface area (Å²) in [6, 6.07) is 4.98. The Bertz CT molecular complexity index is 396. The molecule has 4 nitrogen and oxygen atoms in total. The van der Waals surface area contributed by atoms with Crippen LogP contribution in [0.1, 0.15) is 5.56 Å². The highest BCUT2D eigenvalue weighted by molar-refractivity contribution is 6.36. The molecule has 0 aliphatic carbocycles. The highest BCUT2D eigenvalue weighted by Crippen LogP contribution is 2.24. The monoisotopic (exact) mass is 280 g/mol. The van der Waals surface area contributed by atoms with Gasteiger partial charge in [0.15, 0.2) is 5.96 Å². The molecule has 1 aromatic rings. The molecule has 0 saturated heterocycles. The highest BCUT2D eigenvalue weighted by atomic mass is 35.5. The van der Waals surface area contributed by atoms with Crippen LogP contribution in [0.2, 0.25) is 10.0 Å². The SMILES string of the molecule is NC(N)=NC(=O)Cc1c(Cl)cccc1Cl.[Cl-]. The quantitative estimate of drug-likeness (QED) is 0.503. The normalized spacial score (nSPS) is 9.12. The van der Waals surface area contributed by atoms with Gasteiger partial charge in [-0.25, -0.2) is 0 Å². The lowest BCUT2D eigenvalue weighted by Gasteiger charge is -2.03. The number of nitrogens with two attached hydrogens (primary N) is 2. The highest BCUT2D eigenvalue weighted by Gasteiger charge is 2.09. The van der Waals surface area contributed by atoms with Gasteiger partial charge in [-0.2, -0.15) is 4.99 Å². The van der Waals surface area contributed by atoms with Gasteiger partial charge >= 0.3 is 0 Å². The lowest BCUT2D eigenvalue weighted by molar-refractivity contribution is -0.117. The fourth-order valence-corrected chi connectivity index (χ4v) is 1.57. The first-order valence-corrected chi connectivity index (χ1v) is 4.81. The lowest BCUT2D eigenvalue weighted by Crippen LogP contribution is -3.00. The maximum Gasteiger partial charge on any atom is 0.253 e. The number of rotatable bonds is 2. The molecule has 1 amide bonds. The summed E-state index contributed by atoms with van der Waals surface area (Å²) < 4.78 is 0. The first kappa shape index (κ1) is 15.0. The third kappa shape index (κ3) is 4.26. The number of carbonyl (C=O) groups excluding carboxylic acids is 1. The number of aliphatic imine (C=N–C) groups is 1. The maximum absolute atomic E-state index is 11.3. The van der Waals surface area contributed by atoms with E-state index in [0.717, 1.165) is 0 Å². The molecule has 0 aromatic heterocycles. The Morgan fingerprint density at radius 3 is 2.19 bits per heavy atom. The van der Waals surface area contributed by atoms with Crippen LogP contribution in [-0.4, -0.2) is 11.9 Å². The van der Waals surface area contributed by atoms with Gasteiger partial charge in [-0.3, -0.25) is 4.79 Å². The molecule has 0 atom stereocenters. The van der Waals surface area contributed by atoms with Gasteiger partial charge in [-0.15, -0.1) is 0 Å². The fraction of sp³-hybridized carbons (Fsp3) is 0.111. The van der Waals surface area contributed by atoms with Gasteiger partial charge < -0.3 is 23.9 Å². The zero-order chi connectivity index (χ0) is 11.4. The molecule has 0 bridgehead atoms. The summed E-state index contributed by atoms with van der Waals surface area (Å²) in [5.74, 6) is -0.756. The van der Waals surface area contributed by atoms with Crippen LogP contribution in [-0.2, 0) is 11.2 Å². The van der Waals surface area contributed by atoms with E-state index in [1.807, 2.05) is 0 Å². The molecule has 0 heterocycles. The van der Waals surface area contributed by atoms with E-state index in [9.17, 15) is 4.79 Å². The molecule has 0 aliphatic heterocycles. The fourth-order valence-electron chi connectivity index (χ4n) is 1.04. The van der Waals surface area contributed by atoms with Crippen molar-refractivity contribution in [1.82, 2.24) is 0 Å². The number of benzene rings is 1. The van der Waals surface area contributed by atoms with Crippen molar-refractivity contribution in [1.29, 1.82) is 0 Å². The smallest absolute Gasteiger partial charge is 0.253 e. The van der Waals surface area contributed by atoms with Crippen LogP contribution in [0.3, 0.4) is 0 Å². The Hall–Kier alpha value is -0.970. The van der Waals surface area contributed by atoms with Gasteiger partial charge in [-0.1, -0.05) is 29.3 Å². The topological polar surface area (TPSA) is 81.5 Å². The van der Waals surface area contributed by atoms with Crippen LogP contribution in [0.25, 0.3) is 0 Å². The lowest BCUT2D eigenvalue weighted by atomic mass is 10.1. The molecule has 0 saturated carbocycles. The van der Waals surface area contributed by atoms with Gasteiger partial charge in [-0.05, 0) is 17.7 Å². The van der Waals surface area contributed by atoms with E-state index < -0.39 is 5.91 Å². The van der Waals surface area contributed by atoms with Crippen molar-refractivity contribution in [2.24, 2.45) is 16.5 Å². The molecule has 16 heavy (non-hydrogen) atoms. The molecular weight excluding hydrogens is 272 g/mol. The van der Waals surface area contributed by atoms with E-state index >= 15 is 0 Å². The molecule has 7 heteroatoms. The largest absolute Gasteiger partial charge is 1.00 e. The average molecular weight is 282 g/mol. The minimum absolute atomic E-state index is 0. The predicted molar refractivity (Wildman–Crippen MR) is 61.0 cm³/mol. The van der Waals surface area contributed by atoms with Crippen LogP contribution in [0.4, 0.5) is 0 Å². The van der Waals surface area contributed by atoms with Crippen LogP contribution in [0.5, 0.6) is 0 Å². The number of hydrogen-bond acceptors (Lipinski definition) is 1. The van der Waals surface area contributed by atoms with E-state index in [-0.39, 0.29) is 24.8 Å². The Morgan fingerprint density at radius 2 is 1.75 bits per heavy atom. The zero-order valence-electron chi connectivity index (χ0n) is 8.08. The van der Waals surface area contributed by atoms with Crippen molar-refractivity contribution in [2.75, 3.05) is 0 Å². The number of nitrogens with zero attached hydrogens (tertiary/aromatic N) is 1. The number of hydrogen-bond donors (Lipinski definition) is 2. The standard InChI is InChI=1S/C9H9Cl2N3O.ClH/c10-6-2-1-3-7(11)5(6)4-8(15)14-9(12)13;/h1-3H,4H2,(H4,12,13,14,15);1H/p-1. The van der Waals surface area contributed by atoms with Crippen LogP contribution < -0.4 is 23.9 Å². The summed E-state index contributed by atoms with van der Waals surface area (Å²) in [7, 11) is 0. The van der Waals surface area contributed by atoms with Crippen LogP contribution >= 0.6 is 23.2 Å². The van der Waals surface area contributed by atoms with Crippen molar-refractivity contribution in [3.05, 3.63) is 33.8 Å². The van der Waals surface area contributed by atoms with Crippen molar-refractivity contribution in [2.45, 2.75) is 6.42 Å². The second-order valence-corrected chi connectivity index (χ2v) is 3.62. The minimum Gasteiger partial charge on any atom is -1.00 e. The second-order valence-electron chi connectivity index (χ2n) is 2.81. The van der Waals surface area contributed by atoms with E-state index in [4.69, 9.17) is 34.7 Å². The molecule has 0 fully saturated rings. The van der Waals surface area contributed by atoms with Gasteiger partial charge in [0.05, 0.1) is 6.42 Å². The third-order valence-corrected chi connectivity index (χ3v) is 2.35. The van der Waals surface area contributed by atoms with Gasteiger partial charge in [0.25, 0.3) is 5.91 Å². The molecule has 1 aromatic carbocycles. The number of guanidine groups is 1. The molecule has 0 aliphatic rings. The third-order valence-electron chi connectivity index (χ3n) is 1.64. The summed E-state index contributed by atoms with van der Waals surface area (Å²) in [5.41, 5.74) is 10.7. The molecule has 4 N–H and O–H groups in total. The maximum atomic E-state index is 11.3. The van der Waals surface area contributed by atoms with Crippen molar-refractivity contribution in [3.8, 4) is 0 Å². The van der Waals surface area contributed by atoms with E-state index in [1.165, 1.54) is 0 Å². The van der Waals surface area contributed by atoms with Gasteiger partial charge in [0.1, 0.15) is 0 Å². The predicted octanol–water partition coefficient (Wildman–Crippen LogP) is -1.66. The number of amides is 1. The zero-order valence-corrected chi connectivity index (χ0v) is 10.4. The van der Waals surface area contributed by atoms with Crippen LogP contribution in [0.15, 0.2) is 23.2 Å². The van der Waals surface area contributed by atoms with Crippen molar-refractivity contribution in [3.63, 3.8) is 0 Å². The van der Waals surface area contributed by atoms with Gasteiger partial charge in [0.2, 0.25) is 0 Å². The van der Waals surface area contributed by atoms with E-state index in [1.54, 1.807) is 18.2 Å². The van der Waals surface area contributed by atoms with Crippen molar-refractivity contribution >= 4 is 35.1 Å². The molecule has 0 spiro atoms. The molecule has 1 rings (SSSR count). The van der Waals surface area contributed by atoms with E-state index in [2.05, 4.69) is 4.99 Å². The summed E-state index contributed by atoms with van der Waals surface area (Å²) in [6.07, 6.45) is -0.0175. The summed E-state index contributed by atoms with van der Waals surface area (Å²) in [6.45, 7) is 0. The molecule has 0 unspecified atom stereocenters. The summed E-state index contributed by atoms with van der Waals surface area (Å²) in [5, 5.41) is 0.836. The van der Waals surface area contributed by atoms with Crippen molar-refractivity contribution < 1.29 is 17.2 Å². The number of halogens is 3. The molecule has 0 radical (unpaired) electrons. The first-order valence-electron chi connectivity index (χ1n) is 4.06. The average Bonchev–Trinajstić information content (AvgIpc) is 2.10. The number of carbonyl (C=O) groups is 1. The second kappa shape index (κ2) is 6.58. The summed E-state index contributed by atoms with van der Waals surface area (Å²) in [4.78, 5) is 14.6. The Morgan fingerprint density at radius 1 is 1.25 bits per heavy atom. The van der Waals surface area contributed by atoms with Crippen LogP contribution in [0, 0.1) is 0 Å². The molecular formula is C9H9Cl3N3O-. The first-order chi connectivity index (χ1) is 7.00. The minimum atomic E-state index is -0.481. The summed E-state index contributed by atoms with van der Waals surface area (Å²) >= 11 is 11.7. The van der Waals surface area contributed by atoms with Gasteiger partial charge in [0, 0.05) is 10.0 Å².